The Morgan fingerprint density at radius 2 is 1.94 bits per heavy atom. The molecule has 0 saturated carbocycles. The Kier molecular flexibility index (Phi) is 5.20. The Morgan fingerprint density at radius 3 is 2.50 bits per heavy atom. The summed E-state index contributed by atoms with van der Waals surface area (Å²) in [4.78, 5) is 11.2. The first kappa shape index (κ1) is 14.6. The van der Waals surface area contributed by atoms with Crippen LogP contribution in [0.1, 0.15) is 49.5 Å². The normalized spacial score (nSPS) is 12.5. The number of aromatic carboxylic acids is 1. The van der Waals surface area contributed by atoms with Crippen LogP contribution in [0.3, 0.4) is 0 Å². The molecule has 100 valence electrons. The third kappa shape index (κ3) is 4.40. The summed E-state index contributed by atoms with van der Waals surface area (Å²) in [7, 11) is 0. The van der Waals surface area contributed by atoms with E-state index in [0.29, 0.717) is 17.2 Å². The van der Waals surface area contributed by atoms with Crippen molar-refractivity contribution < 1.29 is 9.90 Å². The van der Waals surface area contributed by atoms with Crippen LogP contribution in [0.2, 0.25) is 0 Å². The maximum absolute atomic E-state index is 11.2. The summed E-state index contributed by atoms with van der Waals surface area (Å²) in [6.45, 7) is 8.38. The van der Waals surface area contributed by atoms with Gasteiger partial charge in [0.15, 0.2) is 0 Å². The summed E-state index contributed by atoms with van der Waals surface area (Å²) in [5, 5.41) is 12.5. The standard InChI is InChI=1S/C15H23NO2/c1-10(2)5-7-12(4)16-14-8-6-11(3)9-13(14)15(17)18/h6,8-10,12,16H,5,7H2,1-4H3,(H,17,18). The number of benzene rings is 1. The van der Waals surface area contributed by atoms with Crippen molar-refractivity contribution in [2.75, 3.05) is 5.32 Å². The average molecular weight is 249 g/mol. The van der Waals surface area contributed by atoms with Crippen molar-refractivity contribution in [1.29, 1.82) is 0 Å². The van der Waals surface area contributed by atoms with Gasteiger partial charge in [-0.25, -0.2) is 4.79 Å². The average Bonchev–Trinajstić information content (AvgIpc) is 2.28. The number of carbonyl (C=O) groups is 1. The number of anilines is 1. The maximum atomic E-state index is 11.2. The van der Waals surface area contributed by atoms with E-state index in [1.165, 1.54) is 0 Å². The van der Waals surface area contributed by atoms with Gasteiger partial charge < -0.3 is 10.4 Å². The summed E-state index contributed by atoms with van der Waals surface area (Å²) in [5.74, 6) is -0.205. The van der Waals surface area contributed by atoms with Crippen molar-refractivity contribution in [3.05, 3.63) is 29.3 Å². The van der Waals surface area contributed by atoms with E-state index < -0.39 is 5.97 Å². The Morgan fingerprint density at radius 1 is 1.28 bits per heavy atom. The molecule has 0 aromatic heterocycles. The second-order valence-electron chi connectivity index (χ2n) is 5.37. The monoisotopic (exact) mass is 249 g/mol. The Bertz CT molecular complexity index is 413. The highest BCUT2D eigenvalue weighted by Gasteiger charge is 2.12. The molecule has 1 atom stereocenters. The van der Waals surface area contributed by atoms with E-state index in [2.05, 4.69) is 26.1 Å². The second-order valence-corrected chi connectivity index (χ2v) is 5.37. The quantitative estimate of drug-likeness (QED) is 0.803. The number of rotatable bonds is 6. The molecule has 0 aliphatic carbocycles. The third-order valence-electron chi connectivity index (χ3n) is 2.98. The first-order chi connectivity index (χ1) is 8.40. The van der Waals surface area contributed by atoms with E-state index in [1.807, 2.05) is 19.1 Å². The fourth-order valence-electron chi connectivity index (χ4n) is 1.88. The van der Waals surface area contributed by atoms with Crippen LogP contribution in [0, 0.1) is 12.8 Å². The van der Waals surface area contributed by atoms with Crippen molar-refractivity contribution in [3.63, 3.8) is 0 Å². The largest absolute Gasteiger partial charge is 0.478 e. The molecule has 2 N–H and O–H groups in total. The highest BCUT2D eigenvalue weighted by molar-refractivity contribution is 5.94. The van der Waals surface area contributed by atoms with E-state index in [-0.39, 0.29) is 6.04 Å². The van der Waals surface area contributed by atoms with Gasteiger partial charge in [-0.2, -0.15) is 0 Å². The molecule has 1 aromatic carbocycles. The molecule has 0 spiro atoms. The van der Waals surface area contributed by atoms with Gasteiger partial charge in [-0.15, -0.1) is 0 Å². The van der Waals surface area contributed by atoms with E-state index in [9.17, 15) is 9.90 Å². The fraction of sp³-hybridized carbons (Fsp3) is 0.533. The lowest BCUT2D eigenvalue weighted by molar-refractivity contribution is 0.0698. The van der Waals surface area contributed by atoms with Gasteiger partial charge >= 0.3 is 5.97 Å². The third-order valence-corrected chi connectivity index (χ3v) is 2.98. The van der Waals surface area contributed by atoms with Crippen LogP contribution < -0.4 is 5.32 Å². The van der Waals surface area contributed by atoms with Crippen LogP contribution in [0.5, 0.6) is 0 Å². The van der Waals surface area contributed by atoms with Gasteiger partial charge in [-0.3, -0.25) is 0 Å². The smallest absolute Gasteiger partial charge is 0.337 e. The molecule has 3 nitrogen and oxygen atoms in total. The zero-order valence-corrected chi connectivity index (χ0v) is 11.7. The minimum Gasteiger partial charge on any atom is -0.478 e. The van der Waals surface area contributed by atoms with Gasteiger partial charge in [-0.1, -0.05) is 25.5 Å². The SMILES string of the molecule is Cc1ccc(NC(C)CCC(C)C)c(C(=O)O)c1. The van der Waals surface area contributed by atoms with Gasteiger partial charge in [0.2, 0.25) is 0 Å². The lowest BCUT2D eigenvalue weighted by Crippen LogP contribution is -2.18. The molecule has 1 aromatic rings. The fourth-order valence-corrected chi connectivity index (χ4v) is 1.88. The molecule has 18 heavy (non-hydrogen) atoms. The minimum absolute atomic E-state index is 0.285. The summed E-state index contributed by atoms with van der Waals surface area (Å²) in [5.41, 5.74) is 2.03. The number of hydrogen-bond donors (Lipinski definition) is 2. The highest BCUT2D eigenvalue weighted by atomic mass is 16.4. The van der Waals surface area contributed by atoms with E-state index in [0.717, 1.165) is 18.4 Å². The topological polar surface area (TPSA) is 49.3 Å². The predicted molar refractivity (Wildman–Crippen MR) is 75.3 cm³/mol. The van der Waals surface area contributed by atoms with Crippen LogP contribution in [-0.4, -0.2) is 17.1 Å². The predicted octanol–water partition coefficient (Wildman–Crippen LogP) is 3.93. The van der Waals surface area contributed by atoms with Crippen molar-refractivity contribution in [3.8, 4) is 0 Å². The zero-order chi connectivity index (χ0) is 13.7. The lowest BCUT2D eigenvalue weighted by Gasteiger charge is -2.18. The molecule has 0 heterocycles. The summed E-state index contributed by atoms with van der Waals surface area (Å²) < 4.78 is 0. The van der Waals surface area contributed by atoms with Crippen LogP contribution in [0.25, 0.3) is 0 Å². The van der Waals surface area contributed by atoms with Gasteiger partial charge in [-0.05, 0) is 44.7 Å². The number of carboxylic acid groups (broad SMARTS) is 1. The number of nitrogens with one attached hydrogen (secondary N) is 1. The van der Waals surface area contributed by atoms with E-state index >= 15 is 0 Å². The maximum Gasteiger partial charge on any atom is 0.337 e. The zero-order valence-electron chi connectivity index (χ0n) is 11.7. The Labute approximate surface area is 109 Å². The molecule has 0 amide bonds. The van der Waals surface area contributed by atoms with Gasteiger partial charge in [0.1, 0.15) is 0 Å². The molecule has 0 aliphatic rings. The van der Waals surface area contributed by atoms with Crippen LogP contribution in [0.15, 0.2) is 18.2 Å². The summed E-state index contributed by atoms with van der Waals surface area (Å²) >= 11 is 0. The summed E-state index contributed by atoms with van der Waals surface area (Å²) in [6.07, 6.45) is 2.19. The summed E-state index contributed by atoms with van der Waals surface area (Å²) in [6, 6.07) is 5.78. The van der Waals surface area contributed by atoms with Crippen LogP contribution in [0.4, 0.5) is 5.69 Å². The minimum atomic E-state index is -0.878. The highest BCUT2D eigenvalue weighted by Crippen LogP contribution is 2.20. The molecule has 1 rings (SSSR count). The molecular weight excluding hydrogens is 226 g/mol. The molecule has 3 heteroatoms. The van der Waals surface area contributed by atoms with Crippen LogP contribution >= 0.6 is 0 Å². The molecule has 0 fully saturated rings. The first-order valence-electron chi connectivity index (χ1n) is 6.50. The molecule has 0 bridgehead atoms. The Balaban J connectivity index is 2.74. The van der Waals surface area contributed by atoms with Crippen molar-refractivity contribution in [1.82, 2.24) is 0 Å². The van der Waals surface area contributed by atoms with Gasteiger partial charge in [0.25, 0.3) is 0 Å². The number of aryl methyl sites for hydroxylation is 1. The van der Waals surface area contributed by atoms with Crippen molar-refractivity contribution in [2.45, 2.75) is 46.6 Å². The molecule has 0 aliphatic heterocycles. The van der Waals surface area contributed by atoms with Crippen LogP contribution in [-0.2, 0) is 0 Å². The number of carboxylic acids is 1. The van der Waals surface area contributed by atoms with E-state index in [1.54, 1.807) is 6.07 Å². The second kappa shape index (κ2) is 6.43. The molecule has 1 unspecified atom stereocenters. The van der Waals surface area contributed by atoms with Gasteiger partial charge in [0.05, 0.1) is 5.56 Å². The van der Waals surface area contributed by atoms with E-state index in [4.69, 9.17) is 0 Å². The van der Waals surface area contributed by atoms with Crippen molar-refractivity contribution in [2.24, 2.45) is 5.92 Å². The molecule has 0 saturated heterocycles. The Hall–Kier alpha value is -1.51. The first-order valence-corrected chi connectivity index (χ1v) is 6.50. The van der Waals surface area contributed by atoms with Crippen molar-refractivity contribution >= 4 is 11.7 Å². The lowest BCUT2D eigenvalue weighted by atomic mass is 10.0. The molecule has 0 radical (unpaired) electrons. The molecular formula is C15H23NO2. The number of hydrogen-bond acceptors (Lipinski definition) is 2. The van der Waals surface area contributed by atoms with Gasteiger partial charge in [0, 0.05) is 11.7 Å².